The SMILES string of the molecule is Cc1cc(C)cc(-c2cccc(-c3nccc4ccccc34)n2)c1. The molecule has 0 saturated carbocycles. The molecule has 0 unspecified atom stereocenters. The maximum atomic E-state index is 4.88. The van der Waals surface area contributed by atoms with Gasteiger partial charge in [0.15, 0.2) is 0 Å². The third-order valence-corrected chi connectivity index (χ3v) is 4.18. The summed E-state index contributed by atoms with van der Waals surface area (Å²) < 4.78 is 0. The zero-order chi connectivity index (χ0) is 16.5. The Labute approximate surface area is 141 Å². The van der Waals surface area contributed by atoms with Crippen LogP contribution in [0.4, 0.5) is 0 Å². The van der Waals surface area contributed by atoms with Gasteiger partial charge in [-0.2, -0.15) is 0 Å². The minimum absolute atomic E-state index is 0.906. The fourth-order valence-corrected chi connectivity index (χ4v) is 3.17. The number of hydrogen-bond donors (Lipinski definition) is 0. The highest BCUT2D eigenvalue weighted by Crippen LogP contribution is 2.27. The average Bonchev–Trinajstić information content (AvgIpc) is 2.60. The molecule has 24 heavy (non-hydrogen) atoms. The second-order valence-corrected chi connectivity index (χ2v) is 6.17. The lowest BCUT2D eigenvalue weighted by molar-refractivity contribution is 1.26. The van der Waals surface area contributed by atoms with Crippen LogP contribution in [0.15, 0.2) is 72.9 Å². The number of hydrogen-bond acceptors (Lipinski definition) is 2. The smallest absolute Gasteiger partial charge is 0.0964 e. The van der Waals surface area contributed by atoms with E-state index in [4.69, 9.17) is 4.98 Å². The van der Waals surface area contributed by atoms with Crippen molar-refractivity contribution in [3.8, 4) is 22.6 Å². The molecule has 4 rings (SSSR count). The van der Waals surface area contributed by atoms with E-state index in [0.29, 0.717) is 0 Å². The van der Waals surface area contributed by atoms with E-state index < -0.39 is 0 Å². The molecule has 2 aromatic carbocycles. The first-order valence-corrected chi connectivity index (χ1v) is 8.10. The molecule has 0 saturated heterocycles. The van der Waals surface area contributed by atoms with Gasteiger partial charge in [0, 0.05) is 17.1 Å². The van der Waals surface area contributed by atoms with Crippen molar-refractivity contribution in [3.63, 3.8) is 0 Å². The van der Waals surface area contributed by atoms with E-state index in [9.17, 15) is 0 Å². The van der Waals surface area contributed by atoms with Gasteiger partial charge in [0.25, 0.3) is 0 Å². The molecular weight excluding hydrogens is 292 g/mol. The van der Waals surface area contributed by atoms with Gasteiger partial charge in [0.1, 0.15) is 0 Å². The summed E-state index contributed by atoms with van der Waals surface area (Å²) >= 11 is 0. The Bertz CT molecular complexity index is 1010. The Morgan fingerprint density at radius 3 is 2.29 bits per heavy atom. The molecule has 0 N–H and O–H groups in total. The maximum Gasteiger partial charge on any atom is 0.0964 e. The third kappa shape index (κ3) is 2.67. The number of aryl methyl sites for hydroxylation is 2. The molecule has 2 nitrogen and oxygen atoms in total. The van der Waals surface area contributed by atoms with Gasteiger partial charge < -0.3 is 0 Å². The number of aromatic nitrogens is 2. The van der Waals surface area contributed by atoms with E-state index in [1.807, 2.05) is 30.5 Å². The summed E-state index contributed by atoms with van der Waals surface area (Å²) in [5.74, 6) is 0. The Kier molecular flexibility index (Phi) is 3.58. The largest absolute Gasteiger partial charge is 0.254 e. The summed E-state index contributed by atoms with van der Waals surface area (Å²) in [5, 5.41) is 2.31. The minimum atomic E-state index is 0.906. The summed E-state index contributed by atoms with van der Waals surface area (Å²) in [6.07, 6.45) is 1.85. The van der Waals surface area contributed by atoms with E-state index in [1.165, 1.54) is 16.5 Å². The Morgan fingerprint density at radius 1 is 0.708 bits per heavy atom. The van der Waals surface area contributed by atoms with Crippen LogP contribution in [0.3, 0.4) is 0 Å². The van der Waals surface area contributed by atoms with Crippen molar-refractivity contribution in [2.24, 2.45) is 0 Å². The quantitative estimate of drug-likeness (QED) is 0.483. The topological polar surface area (TPSA) is 25.8 Å². The van der Waals surface area contributed by atoms with Gasteiger partial charge in [-0.15, -0.1) is 0 Å². The molecular formula is C22H18N2. The molecule has 0 amide bonds. The number of fused-ring (bicyclic) bond motifs is 1. The second kappa shape index (κ2) is 5.89. The van der Waals surface area contributed by atoms with Gasteiger partial charge in [-0.05, 0) is 49.6 Å². The summed E-state index contributed by atoms with van der Waals surface area (Å²) in [6.45, 7) is 4.24. The van der Waals surface area contributed by atoms with Gasteiger partial charge in [-0.3, -0.25) is 4.98 Å². The number of pyridine rings is 2. The van der Waals surface area contributed by atoms with Crippen LogP contribution in [0, 0.1) is 13.8 Å². The Hall–Kier alpha value is -3.00. The fourth-order valence-electron chi connectivity index (χ4n) is 3.17. The molecule has 0 aliphatic heterocycles. The number of benzene rings is 2. The fraction of sp³-hybridized carbons (Fsp3) is 0.0909. The first kappa shape index (κ1) is 14.6. The van der Waals surface area contributed by atoms with Gasteiger partial charge in [-0.25, -0.2) is 4.98 Å². The third-order valence-electron chi connectivity index (χ3n) is 4.18. The van der Waals surface area contributed by atoms with Crippen molar-refractivity contribution >= 4 is 10.8 Å². The molecule has 0 spiro atoms. The average molecular weight is 310 g/mol. The van der Waals surface area contributed by atoms with Crippen molar-refractivity contribution in [1.82, 2.24) is 9.97 Å². The predicted molar refractivity (Wildman–Crippen MR) is 99.9 cm³/mol. The minimum Gasteiger partial charge on any atom is -0.254 e. The standard InChI is InChI=1S/C22H18N2/c1-15-12-16(2)14-18(13-15)20-8-5-9-21(24-20)22-19-7-4-3-6-17(19)10-11-23-22/h3-14H,1-2H3. The molecule has 0 aliphatic rings. The van der Waals surface area contributed by atoms with Gasteiger partial charge in [0.05, 0.1) is 17.1 Å². The van der Waals surface area contributed by atoms with E-state index >= 15 is 0 Å². The Balaban J connectivity index is 1.88. The molecule has 0 atom stereocenters. The molecule has 4 aromatic rings. The van der Waals surface area contributed by atoms with Crippen molar-refractivity contribution in [2.75, 3.05) is 0 Å². The van der Waals surface area contributed by atoms with Crippen LogP contribution in [0.25, 0.3) is 33.4 Å². The lowest BCUT2D eigenvalue weighted by atomic mass is 10.0. The number of rotatable bonds is 2. The highest BCUT2D eigenvalue weighted by Gasteiger charge is 2.08. The van der Waals surface area contributed by atoms with Crippen LogP contribution in [0.5, 0.6) is 0 Å². The highest BCUT2D eigenvalue weighted by atomic mass is 14.8. The zero-order valence-electron chi connectivity index (χ0n) is 13.8. The first-order chi connectivity index (χ1) is 11.7. The predicted octanol–water partition coefficient (Wildman–Crippen LogP) is 5.58. The monoisotopic (exact) mass is 310 g/mol. The van der Waals surface area contributed by atoms with Crippen LogP contribution in [-0.4, -0.2) is 9.97 Å². The van der Waals surface area contributed by atoms with Gasteiger partial charge in [-0.1, -0.05) is 47.5 Å². The molecule has 0 bridgehead atoms. The lowest BCUT2D eigenvalue weighted by Gasteiger charge is -2.08. The van der Waals surface area contributed by atoms with Crippen LogP contribution in [0.2, 0.25) is 0 Å². The molecule has 0 fully saturated rings. The lowest BCUT2D eigenvalue weighted by Crippen LogP contribution is -1.92. The molecule has 2 aromatic heterocycles. The highest BCUT2D eigenvalue weighted by molar-refractivity contribution is 5.93. The first-order valence-electron chi connectivity index (χ1n) is 8.10. The van der Waals surface area contributed by atoms with Gasteiger partial charge in [0.2, 0.25) is 0 Å². The summed E-state index contributed by atoms with van der Waals surface area (Å²) in [4.78, 5) is 9.47. The molecule has 2 heterocycles. The van der Waals surface area contributed by atoms with Crippen LogP contribution in [-0.2, 0) is 0 Å². The van der Waals surface area contributed by atoms with E-state index in [2.05, 4.69) is 61.3 Å². The Morgan fingerprint density at radius 2 is 1.46 bits per heavy atom. The zero-order valence-corrected chi connectivity index (χ0v) is 13.8. The van der Waals surface area contributed by atoms with Crippen LogP contribution in [0.1, 0.15) is 11.1 Å². The van der Waals surface area contributed by atoms with Crippen LogP contribution < -0.4 is 0 Å². The molecule has 0 radical (unpaired) electrons. The second-order valence-electron chi connectivity index (χ2n) is 6.17. The van der Waals surface area contributed by atoms with Gasteiger partial charge >= 0.3 is 0 Å². The van der Waals surface area contributed by atoms with E-state index in [1.54, 1.807) is 0 Å². The maximum absolute atomic E-state index is 4.88. The van der Waals surface area contributed by atoms with Crippen molar-refractivity contribution in [1.29, 1.82) is 0 Å². The van der Waals surface area contributed by atoms with Crippen molar-refractivity contribution in [3.05, 3.63) is 84.1 Å². The van der Waals surface area contributed by atoms with Crippen LogP contribution >= 0.6 is 0 Å². The summed E-state index contributed by atoms with van der Waals surface area (Å²) in [6, 6.07) is 23.0. The normalized spacial score (nSPS) is 10.9. The van der Waals surface area contributed by atoms with Crippen molar-refractivity contribution in [2.45, 2.75) is 13.8 Å². The van der Waals surface area contributed by atoms with Crippen molar-refractivity contribution < 1.29 is 0 Å². The van der Waals surface area contributed by atoms with E-state index in [-0.39, 0.29) is 0 Å². The molecule has 2 heteroatoms. The summed E-state index contributed by atoms with van der Waals surface area (Å²) in [5.41, 5.74) is 6.47. The molecule has 116 valence electrons. The summed E-state index contributed by atoms with van der Waals surface area (Å²) in [7, 11) is 0. The number of nitrogens with zero attached hydrogens (tertiary/aromatic N) is 2. The van der Waals surface area contributed by atoms with E-state index in [0.717, 1.165) is 28.0 Å². The molecule has 0 aliphatic carbocycles.